The molecule has 160 valence electrons. The van der Waals surface area contributed by atoms with Crippen molar-refractivity contribution in [3.63, 3.8) is 0 Å². The highest BCUT2D eigenvalue weighted by atomic mass is 79.9. The lowest BCUT2D eigenvalue weighted by atomic mass is 10.1. The van der Waals surface area contributed by atoms with Gasteiger partial charge >= 0.3 is 6.03 Å². The first kappa shape index (κ1) is 21.8. The number of barbiturate groups is 1. The van der Waals surface area contributed by atoms with Crippen molar-refractivity contribution in [3.05, 3.63) is 99.0 Å². The van der Waals surface area contributed by atoms with Gasteiger partial charge in [0.25, 0.3) is 11.8 Å². The molecule has 0 radical (unpaired) electrons. The Hall–Kier alpha value is -3.42. The first-order valence-corrected chi connectivity index (χ1v) is 10.7. The average molecular weight is 512 g/mol. The molecular formula is C24H16BrClN2O4. The molecule has 1 heterocycles. The normalized spacial score (nSPS) is 15.1. The van der Waals surface area contributed by atoms with E-state index >= 15 is 0 Å². The monoisotopic (exact) mass is 510 g/mol. The van der Waals surface area contributed by atoms with Crippen LogP contribution in [0.3, 0.4) is 0 Å². The third-order valence-corrected chi connectivity index (χ3v) is 5.85. The van der Waals surface area contributed by atoms with Gasteiger partial charge < -0.3 is 4.74 Å². The van der Waals surface area contributed by atoms with E-state index in [1.54, 1.807) is 42.5 Å². The van der Waals surface area contributed by atoms with Crippen LogP contribution in [0.25, 0.3) is 6.08 Å². The van der Waals surface area contributed by atoms with E-state index in [9.17, 15) is 14.4 Å². The Morgan fingerprint density at radius 2 is 1.62 bits per heavy atom. The van der Waals surface area contributed by atoms with E-state index in [4.69, 9.17) is 16.3 Å². The van der Waals surface area contributed by atoms with Crippen molar-refractivity contribution in [1.29, 1.82) is 0 Å². The molecular weight excluding hydrogens is 496 g/mol. The first-order valence-electron chi connectivity index (χ1n) is 9.57. The molecule has 1 aliphatic rings. The van der Waals surface area contributed by atoms with Crippen LogP contribution in [0.5, 0.6) is 5.75 Å². The molecule has 3 aromatic rings. The summed E-state index contributed by atoms with van der Waals surface area (Å²) >= 11 is 9.65. The molecule has 4 rings (SSSR count). The number of halogens is 2. The second-order valence-electron chi connectivity index (χ2n) is 6.83. The van der Waals surface area contributed by atoms with Crippen molar-refractivity contribution in [3.8, 4) is 5.75 Å². The highest BCUT2D eigenvalue weighted by Gasteiger charge is 2.37. The summed E-state index contributed by atoms with van der Waals surface area (Å²) in [6.45, 7) is 0.284. The van der Waals surface area contributed by atoms with Crippen molar-refractivity contribution in [1.82, 2.24) is 5.32 Å². The van der Waals surface area contributed by atoms with Crippen molar-refractivity contribution < 1.29 is 19.1 Å². The molecule has 0 saturated carbocycles. The maximum Gasteiger partial charge on any atom is 0.335 e. The molecule has 0 bridgehead atoms. The third-order valence-electron chi connectivity index (χ3n) is 4.75. The number of ether oxygens (including phenoxy) is 1. The van der Waals surface area contributed by atoms with Crippen LogP contribution in [0.2, 0.25) is 5.02 Å². The second kappa shape index (κ2) is 9.38. The number of nitrogens with zero attached hydrogens (tertiary/aromatic N) is 1. The Balaban J connectivity index is 1.66. The number of para-hydroxylation sites is 2. The van der Waals surface area contributed by atoms with Crippen molar-refractivity contribution >= 4 is 57.1 Å². The fourth-order valence-corrected chi connectivity index (χ4v) is 3.79. The Morgan fingerprint density at radius 3 is 2.41 bits per heavy atom. The number of urea groups is 1. The third kappa shape index (κ3) is 4.44. The van der Waals surface area contributed by atoms with E-state index in [0.717, 1.165) is 14.9 Å². The number of amides is 4. The van der Waals surface area contributed by atoms with Crippen LogP contribution in [0.15, 0.2) is 82.8 Å². The molecule has 1 saturated heterocycles. The van der Waals surface area contributed by atoms with Crippen LogP contribution in [0.4, 0.5) is 10.5 Å². The Labute approximate surface area is 197 Å². The lowest BCUT2D eigenvalue weighted by Crippen LogP contribution is -2.54. The van der Waals surface area contributed by atoms with Crippen LogP contribution >= 0.6 is 27.5 Å². The van der Waals surface area contributed by atoms with Gasteiger partial charge in [0.1, 0.15) is 17.9 Å². The number of imide groups is 2. The van der Waals surface area contributed by atoms with E-state index in [-0.39, 0.29) is 22.9 Å². The van der Waals surface area contributed by atoms with Gasteiger partial charge in [-0.1, -0.05) is 76.1 Å². The molecule has 4 amide bonds. The van der Waals surface area contributed by atoms with Crippen molar-refractivity contribution in [2.24, 2.45) is 0 Å². The van der Waals surface area contributed by atoms with Gasteiger partial charge in [-0.3, -0.25) is 14.9 Å². The lowest BCUT2D eigenvalue weighted by molar-refractivity contribution is -0.122. The summed E-state index contributed by atoms with van der Waals surface area (Å²) in [5, 5.41) is 2.40. The molecule has 1 N–H and O–H groups in total. The Morgan fingerprint density at radius 1 is 0.938 bits per heavy atom. The molecule has 3 aromatic carbocycles. The average Bonchev–Trinajstić information content (AvgIpc) is 2.78. The molecule has 0 spiro atoms. The Bertz CT molecular complexity index is 1260. The largest absolute Gasteiger partial charge is 0.488 e. The molecule has 1 fully saturated rings. The summed E-state index contributed by atoms with van der Waals surface area (Å²) in [4.78, 5) is 38.8. The number of rotatable bonds is 5. The number of carbonyl (C=O) groups excluding carboxylic acids is 3. The van der Waals surface area contributed by atoms with Crippen molar-refractivity contribution in [2.45, 2.75) is 6.61 Å². The molecule has 0 atom stereocenters. The number of hydrogen-bond donors (Lipinski definition) is 1. The standard InChI is InChI=1S/C24H16BrClN2O4/c25-18-9-3-1-8-16(18)14-32-21-12-6-2-7-15(21)13-17-22(29)27-24(31)28(23(17)30)20-11-5-4-10-19(20)26/h1-13H,14H2,(H,27,29,31)/b17-13+. The quantitative estimate of drug-likeness (QED) is 0.370. The van der Waals surface area contributed by atoms with Gasteiger partial charge in [-0.05, 0) is 30.3 Å². The molecule has 0 aliphatic carbocycles. The topological polar surface area (TPSA) is 75.7 Å². The maximum absolute atomic E-state index is 13.1. The van der Waals surface area contributed by atoms with Crippen LogP contribution in [0, 0.1) is 0 Å². The lowest BCUT2D eigenvalue weighted by Gasteiger charge is -2.27. The molecule has 6 nitrogen and oxygen atoms in total. The van der Waals surface area contributed by atoms with E-state index in [1.807, 2.05) is 24.3 Å². The summed E-state index contributed by atoms with van der Waals surface area (Å²) in [5.74, 6) is -1.08. The van der Waals surface area contributed by atoms with Crippen molar-refractivity contribution in [2.75, 3.05) is 4.90 Å². The first-order chi connectivity index (χ1) is 15.5. The molecule has 1 aliphatic heterocycles. The number of anilines is 1. The molecule has 32 heavy (non-hydrogen) atoms. The zero-order valence-electron chi connectivity index (χ0n) is 16.5. The van der Waals surface area contributed by atoms with Gasteiger partial charge in [-0.25, -0.2) is 9.69 Å². The number of benzene rings is 3. The van der Waals surface area contributed by atoms with E-state index in [2.05, 4.69) is 21.2 Å². The van der Waals surface area contributed by atoms with E-state index in [0.29, 0.717) is 11.3 Å². The zero-order valence-corrected chi connectivity index (χ0v) is 18.9. The Kier molecular flexibility index (Phi) is 6.39. The summed E-state index contributed by atoms with van der Waals surface area (Å²) in [6.07, 6.45) is 1.41. The van der Waals surface area contributed by atoms with Gasteiger partial charge in [0.05, 0.1) is 10.7 Å². The van der Waals surface area contributed by atoms with Crippen LogP contribution in [0.1, 0.15) is 11.1 Å². The summed E-state index contributed by atoms with van der Waals surface area (Å²) in [6, 6.07) is 20.2. The van der Waals surface area contributed by atoms with Gasteiger partial charge in [-0.15, -0.1) is 0 Å². The number of carbonyl (C=O) groups is 3. The smallest absolute Gasteiger partial charge is 0.335 e. The minimum atomic E-state index is -0.858. The van der Waals surface area contributed by atoms with Gasteiger partial charge in [0.2, 0.25) is 0 Å². The highest BCUT2D eigenvalue weighted by Crippen LogP contribution is 2.30. The summed E-state index contributed by atoms with van der Waals surface area (Å²) < 4.78 is 6.86. The van der Waals surface area contributed by atoms with E-state index < -0.39 is 17.8 Å². The summed E-state index contributed by atoms with van der Waals surface area (Å²) in [7, 11) is 0. The number of nitrogens with one attached hydrogen (secondary N) is 1. The van der Waals surface area contributed by atoms with Gasteiger partial charge in [-0.2, -0.15) is 0 Å². The second-order valence-corrected chi connectivity index (χ2v) is 8.09. The van der Waals surface area contributed by atoms with E-state index in [1.165, 1.54) is 12.1 Å². The fourth-order valence-electron chi connectivity index (χ4n) is 3.17. The van der Waals surface area contributed by atoms with Crippen LogP contribution < -0.4 is 15.0 Å². The zero-order chi connectivity index (χ0) is 22.7. The maximum atomic E-state index is 13.1. The van der Waals surface area contributed by atoms with Crippen LogP contribution in [-0.4, -0.2) is 17.8 Å². The van der Waals surface area contributed by atoms with Gasteiger partial charge in [0, 0.05) is 15.6 Å². The minimum Gasteiger partial charge on any atom is -0.488 e. The fraction of sp³-hybridized carbons (Fsp3) is 0.0417. The summed E-state index contributed by atoms with van der Waals surface area (Å²) in [5.41, 5.74) is 1.44. The minimum absolute atomic E-state index is 0.188. The molecule has 0 aromatic heterocycles. The SMILES string of the molecule is O=C1NC(=O)N(c2ccccc2Cl)C(=O)/C1=C/c1ccccc1OCc1ccccc1Br. The molecule has 0 unspecified atom stereocenters. The highest BCUT2D eigenvalue weighted by molar-refractivity contribution is 9.10. The molecule has 8 heteroatoms. The number of hydrogen-bond acceptors (Lipinski definition) is 4. The van der Waals surface area contributed by atoms with Gasteiger partial charge in [0.15, 0.2) is 0 Å². The predicted molar refractivity (Wildman–Crippen MR) is 125 cm³/mol. The van der Waals surface area contributed by atoms with Crippen LogP contribution in [-0.2, 0) is 16.2 Å². The predicted octanol–water partition coefficient (Wildman–Crippen LogP) is 5.35.